The van der Waals surface area contributed by atoms with Crippen LogP contribution in [0.15, 0.2) is 53.7 Å². The standard InChI is InChI=1S/C19H19NO2/c1-15(2)8-9-17-10-11-19(12-18(17)13-20-21)22-14-16-6-4-3-5-7-16/h3-7,10-13,15,21H,14H2,1-2H3/b20-13+. The van der Waals surface area contributed by atoms with E-state index in [0.29, 0.717) is 12.4 Å². The van der Waals surface area contributed by atoms with Gasteiger partial charge in [0.05, 0.1) is 6.21 Å². The van der Waals surface area contributed by atoms with Crippen LogP contribution in [0.5, 0.6) is 5.75 Å². The van der Waals surface area contributed by atoms with Crippen molar-refractivity contribution in [3.05, 3.63) is 65.2 Å². The third kappa shape index (κ3) is 4.68. The molecule has 0 unspecified atom stereocenters. The molecular formula is C19H19NO2. The van der Waals surface area contributed by atoms with Crippen LogP contribution in [0.25, 0.3) is 0 Å². The molecule has 0 bridgehead atoms. The molecule has 0 aliphatic carbocycles. The van der Waals surface area contributed by atoms with Crippen LogP contribution in [0.4, 0.5) is 0 Å². The van der Waals surface area contributed by atoms with E-state index in [9.17, 15) is 0 Å². The maximum atomic E-state index is 8.80. The van der Waals surface area contributed by atoms with Gasteiger partial charge < -0.3 is 9.94 Å². The lowest BCUT2D eigenvalue weighted by molar-refractivity contribution is 0.306. The minimum Gasteiger partial charge on any atom is -0.489 e. The number of rotatable bonds is 4. The Labute approximate surface area is 131 Å². The normalized spacial score (nSPS) is 10.5. The smallest absolute Gasteiger partial charge is 0.120 e. The second-order valence-electron chi connectivity index (χ2n) is 5.19. The summed E-state index contributed by atoms with van der Waals surface area (Å²) in [5.74, 6) is 7.20. The van der Waals surface area contributed by atoms with Gasteiger partial charge in [-0.25, -0.2) is 0 Å². The van der Waals surface area contributed by atoms with Crippen molar-refractivity contribution in [1.29, 1.82) is 0 Å². The van der Waals surface area contributed by atoms with Crippen LogP contribution >= 0.6 is 0 Å². The van der Waals surface area contributed by atoms with Crippen LogP contribution in [0.2, 0.25) is 0 Å². The van der Waals surface area contributed by atoms with Crippen LogP contribution < -0.4 is 4.74 Å². The van der Waals surface area contributed by atoms with Crippen molar-refractivity contribution < 1.29 is 9.94 Å². The van der Waals surface area contributed by atoms with E-state index in [0.717, 1.165) is 16.7 Å². The van der Waals surface area contributed by atoms with Gasteiger partial charge in [-0.1, -0.05) is 61.2 Å². The van der Waals surface area contributed by atoms with Gasteiger partial charge in [-0.15, -0.1) is 0 Å². The molecule has 0 radical (unpaired) electrons. The van der Waals surface area contributed by atoms with E-state index in [1.54, 1.807) is 0 Å². The summed E-state index contributed by atoms with van der Waals surface area (Å²) in [4.78, 5) is 0. The molecule has 0 aliphatic heterocycles. The first-order valence-electron chi connectivity index (χ1n) is 7.19. The Morgan fingerprint density at radius 2 is 1.95 bits per heavy atom. The Kier molecular flexibility index (Phi) is 5.62. The Bertz CT molecular complexity index is 694. The lowest BCUT2D eigenvalue weighted by Gasteiger charge is -2.08. The molecule has 0 saturated heterocycles. The van der Waals surface area contributed by atoms with E-state index in [-0.39, 0.29) is 5.92 Å². The molecule has 2 aromatic rings. The topological polar surface area (TPSA) is 41.8 Å². The number of hydrogen-bond donors (Lipinski definition) is 1. The number of hydrogen-bond acceptors (Lipinski definition) is 3. The molecule has 1 N–H and O–H groups in total. The quantitative estimate of drug-likeness (QED) is 0.399. The fourth-order valence-corrected chi connectivity index (χ4v) is 1.88. The summed E-state index contributed by atoms with van der Waals surface area (Å²) in [6, 6.07) is 15.5. The molecule has 0 saturated carbocycles. The molecule has 2 rings (SSSR count). The van der Waals surface area contributed by atoms with Crippen molar-refractivity contribution in [1.82, 2.24) is 0 Å². The predicted molar refractivity (Wildman–Crippen MR) is 88.3 cm³/mol. The average Bonchev–Trinajstić information content (AvgIpc) is 2.53. The lowest BCUT2D eigenvalue weighted by Crippen LogP contribution is -1.97. The van der Waals surface area contributed by atoms with Crippen LogP contribution in [0.1, 0.15) is 30.5 Å². The van der Waals surface area contributed by atoms with Crippen molar-refractivity contribution >= 4 is 6.21 Å². The van der Waals surface area contributed by atoms with Gasteiger partial charge in [-0.05, 0) is 23.8 Å². The van der Waals surface area contributed by atoms with Crippen molar-refractivity contribution in [2.24, 2.45) is 11.1 Å². The van der Waals surface area contributed by atoms with E-state index in [4.69, 9.17) is 9.94 Å². The lowest BCUT2D eigenvalue weighted by atomic mass is 10.1. The summed E-state index contributed by atoms with van der Waals surface area (Å²) in [6.45, 7) is 4.56. The number of nitrogens with zero attached hydrogens (tertiary/aromatic N) is 1. The summed E-state index contributed by atoms with van der Waals surface area (Å²) in [6.07, 6.45) is 1.37. The van der Waals surface area contributed by atoms with Gasteiger partial charge in [-0.2, -0.15) is 0 Å². The number of ether oxygens (including phenoxy) is 1. The van der Waals surface area contributed by atoms with Gasteiger partial charge >= 0.3 is 0 Å². The maximum Gasteiger partial charge on any atom is 0.120 e. The average molecular weight is 293 g/mol. The Morgan fingerprint density at radius 3 is 2.64 bits per heavy atom. The SMILES string of the molecule is CC(C)C#Cc1ccc(OCc2ccccc2)cc1/C=N/O. The van der Waals surface area contributed by atoms with Crippen molar-refractivity contribution in [3.63, 3.8) is 0 Å². The first-order chi connectivity index (χ1) is 10.7. The minimum absolute atomic E-state index is 0.285. The van der Waals surface area contributed by atoms with E-state index in [1.165, 1.54) is 6.21 Å². The molecule has 0 heterocycles. The molecule has 0 fully saturated rings. The molecule has 3 nitrogen and oxygen atoms in total. The zero-order chi connectivity index (χ0) is 15.8. The number of oxime groups is 1. The first kappa shape index (κ1) is 15.7. The molecule has 112 valence electrons. The van der Waals surface area contributed by atoms with Crippen LogP contribution in [-0.2, 0) is 6.61 Å². The van der Waals surface area contributed by atoms with Crippen LogP contribution in [0, 0.1) is 17.8 Å². The van der Waals surface area contributed by atoms with E-state index in [2.05, 4.69) is 17.0 Å². The fourth-order valence-electron chi connectivity index (χ4n) is 1.88. The highest BCUT2D eigenvalue weighted by atomic mass is 16.5. The summed E-state index contributed by atoms with van der Waals surface area (Å²) in [7, 11) is 0. The largest absolute Gasteiger partial charge is 0.489 e. The van der Waals surface area contributed by atoms with Crippen molar-refractivity contribution in [2.75, 3.05) is 0 Å². The highest BCUT2D eigenvalue weighted by Gasteiger charge is 2.02. The minimum atomic E-state index is 0.285. The fraction of sp³-hybridized carbons (Fsp3) is 0.211. The van der Waals surface area contributed by atoms with Gasteiger partial charge in [0, 0.05) is 17.0 Å². The van der Waals surface area contributed by atoms with E-state index >= 15 is 0 Å². The zero-order valence-electron chi connectivity index (χ0n) is 12.8. The third-order valence-electron chi connectivity index (χ3n) is 2.96. The van der Waals surface area contributed by atoms with Gasteiger partial charge in [-0.3, -0.25) is 0 Å². The molecule has 2 aromatic carbocycles. The molecule has 22 heavy (non-hydrogen) atoms. The van der Waals surface area contributed by atoms with Gasteiger partial charge in [0.2, 0.25) is 0 Å². The highest BCUT2D eigenvalue weighted by Crippen LogP contribution is 2.18. The molecule has 0 aromatic heterocycles. The second kappa shape index (κ2) is 7.90. The van der Waals surface area contributed by atoms with Gasteiger partial charge in [0.1, 0.15) is 12.4 Å². The number of benzene rings is 2. The molecule has 3 heteroatoms. The molecule has 0 atom stereocenters. The van der Waals surface area contributed by atoms with Crippen molar-refractivity contribution in [2.45, 2.75) is 20.5 Å². The highest BCUT2D eigenvalue weighted by molar-refractivity contribution is 5.83. The summed E-state index contributed by atoms with van der Waals surface area (Å²) < 4.78 is 5.77. The maximum absolute atomic E-state index is 8.80. The van der Waals surface area contributed by atoms with Gasteiger partial charge in [0.25, 0.3) is 0 Å². The predicted octanol–water partition coefficient (Wildman–Crippen LogP) is 4.08. The van der Waals surface area contributed by atoms with E-state index < -0.39 is 0 Å². The molecule has 0 amide bonds. The Hall–Kier alpha value is -2.73. The van der Waals surface area contributed by atoms with Crippen molar-refractivity contribution in [3.8, 4) is 17.6 Å². The summed E-state index contributed by atoms with van der Waals surface area (Å²) in [5, 5.41) is 11.9. The molecule has 0 aliphatic rings. The first-order valence-corrected chi connectivity index (χ1v) is 7.19. The third-order valence-corrected chi connectivity index (χ3v) is 2.96. The Balaban J connectivity index is 2.17. The van der Waals surface area contributed by atoms with Gasteiger partial charge in [0.15, 0.2) is 0 Å². The second-order valence-corrected chi connectivity index (χ2v) is 5.19. The van der Waals surface area contributed by atoms with Crippen LogP contribution in [0.3, 0.4) is 0 Å². The Morgan fingerprint density at radius 1 is 1.18 bits per heavy atom. The van der Waals surface area contributed by atoms with Crippen LogP contribution in [-0.4, -0.2) is 11.4 Å². The van der Waals surface area contributed by atoms with E-state index in [1.807, 2.05) is 62.4 Å². The zero-order valence-corrected chi connectivity index (χ0v) is 12.8. The summed E-state index contributed by atoms with van der Waals surface area (Å²) >= 11 is 0. The summed E-state index contributed by atoms with van der Waals surface area (Å²) in [5.41, 5.74) is 2.66. The molecular weight excluding hydrogens is 274 g/mol. The molecule has 0 spiro atoms. The monoisotopic (exact) mass is 293 g/mol.